The maximum atomic E-state index is 13.3. The number of carbonyl (C=O) groups is 1. The largest absolute Gasteiger partial charge is 0.433 e. The number of halogens is 3. The molecule has 2 aromatic heterocycles. The summed E-state index contributed by atoms with van der Waals surface area (Å²) in [5.74, 6) is -0.395. The zero-order valence-corrected chi connectivity index (χ0v) is 17.0. The second kappa shape index (κ2) is 8.83. The van der Waals surface area contributed by atoms with E-state index in [0.29, 0.717) is 36.8 Å². The molecule has 0 radical (unpaired) electrons. The highest BCUT2D eigenvalue weighted by atomic mass is 19.4. The SMILES string of the molecule is N#Cc1cccnc1C(=O)NC1CCC(Nc2cc(C(F)(F)F)nc3ccccc23)CC1. The number of amides is 1. The van der Waals surface area contributed by atoms with Crippen LogP contribution in [0.25, 0.3) is 10.9 Å². The molecule has 0 atom stereocenters. The Morgan fingerprint density at radius 2 is 1.78 bits per heavy atom. The zero-order chi connectivity index (χ0) is 22.7. The molecule has 6 nitrogen and oxygen atoms in total. The molecule has 0 aliphatic heterocycles. The number of para-hydroxylation sites is 1. The number of nitrogens with one attached hydrogen (secondary N) is 2. The highest BCUT2D eigenvalue weighted by Gasteiger charge is 2.34. The van der Waals surface area contributed by atoms with Crippen molar-refractivity contribution >= 4 is 22.5 Å². The van der Waals surface area contributed by atoms with E-state index in [0.717, 1.165) is 6.07 Å². The summed E-state index contributed by atoms with van der Waals surface area (Å²) in [5, 5.41) is 15.9. The minimum atomic E-state index is -4.53. The van der Waals surface area contributed by atoms with Crippen molar-refractivity contribution in [3.63, 3.8) is 0 Å². The van der Waals surface area contributed by atoms with Crippen molar-refractivity contribution in [1.29, 1.82) is 5.26 Å². The molecule has 1 saturated carbocycles. The van der Waals surface area contributed by atoms with Crippen LogP contribution >= 0.6 is 0 Å². The van der Waals surface area contributed by atoms with E-state index in [1.165, 1.54) is 12.3 Å². The Bertz CT molecular complexity index is 1180. The van der Waals surface area contributed by atoms with Gasteiger partial charge in [0, 0.05) is 29.4 Å². The quantitative estimate of drug-likeness (QED) is 0.616. The number of benzene rings is 1. The van der Waals surface area contributed by atoms with Gasteiger partial charge in [0.05, 0.1) is 11.1 Å². The first-order valence-corrected chi connectivity index (χ1v) is 10.2. The van der Waals surface area contributed by atoms with Crippen molar-refractivity contribution in [3.05, 3.63) is 65.6 Å². The second-order valence-corrected chi connectivity index (χ2v) is 7.75. The van der Waals surface area contributed by atoms with Gasteiger partial charge in [-0.05, 0) is 49.9 Å². The van der Waals surface area contributed by atoms with Crippen molar-refractivity contribution in [2.45, 2.75) is 43.9 Å². The summed E-state index contributed by atoms with van der Waals surface area (Å²) in [4.78, 5) is 20.2. The molecular formula is C23H20F3N5O. The monoisotopic (exact) mass is 439 g/mol. The van der Waals surface area contributed by atoms with Crippen LogP contribution < -0.4 is 10.6 Å². The number of fused-ring (bicyclic) bond motifs is 1. The van der Waals surface area contributed by atoms with E-state index < -0.39 is 17.8 Å². The van der Waals surface area contributed by atoms with Crippen LogP contribution in [0, 0.1) is 11.3 Å². The highest BCUT2D eigenvalue weighted by molar-refractivity contribution is 5.94. The fourth-order valence-electron chi connectivity index (χ4n) is 3.97. The lowest BCUT2D eigenvalue weighted by atomic mass is 9.90. The molecule has 1 fully saturated rings. The summed E-state index contributed by atoms with van der Waals surface area (Å²) >= 11 is 0. The van der Waals surface area contributed by atoms with E-state index >= 15 is 0 Å². The number of nitrogens with zero attached hydrogens (tertiary/aromatic N) is 3. The van der Waals surface area contributed by atoms with Gasteiger partial charge in [-0.3, -0.25) is 4.79 Å². The predicted molar refractivity (Wildman–Crippen MR) is 113 cm³/mol. The van der Waals surface area contributed by atoms with Crippen LogP contribution in [0.5, 0.6) is 0 Å². The summed E-state index contributed by atoms with van der Waals surface area (Å²) in [5.41, 5.74) is 0.0730. The fraction of sp³-hybridized carbons (Fsp3) is 0.304. The Hall–Kier alpha value is -3.67. The van der Waals surface area contributed by atoms with E-state index in [4.69, 9.17) is 5.26 Å². The summed E-state index contributed by atoms with van der Waals surface area (Å²) in [6.07, 6.45) is -0.395. The molecule has 1 aliphatic rings. The van der Waals surface area contributed by atoms with Crippen LogP contribution in [0.2, 0.25) is 0 Å². The van der Waals surface area contributed by atoms with Gasteiger partial charge in [0.25, 0.3) is 5.91 Å². The van der Waals surface area contributed by atoms with Crippen LogP contribution in [0.1, 0.15) is 47.4 Å². The molecule has 1 aromatic carbocycles. The Morgan fingerprint density at radius 1 is 1.06 bits per heavy atom. The van der Waals surface area contributed by atoms with Gasteiger partial charge in [-0.2, -0.15) is 18.4 Å². The number of rotatable bonds is 4. The maximum absolute atomic E-state index is 13.3. The molecule has 0 bridgehead atoms. The van der Waals surface area contributed by atoms with Crippen molar-refractivity contribution < 1.29 is 18.0 Å². The number of anilines is 1. The third-order valence-electron chi connectivity index (χ3n) is 5.57. The normalized spacial score (nSPS) is 18.7. The predicted octanol–water partition coefficient (Wildman–Crippen LogP) is 4.67. The summed E-state index contributed by atoms with van der Waals surface area (Å²) in [6, 6.07) is 12.8. The maximum Gasteiger partial charge on any atom is 0.433 e. The molecule has 0 unspecified atom stereocenters. The number of hydrogen-bond donors (Lipinski definition) is 2. The average Bonchev–Trinajstić information content (AvgIpc) is 2.79. The van der Waals surface area contributed by atoms with E-state index in [2.05, 4.69) is 20.6 Å². The van der Waals surface area contributed by atoms with Crippen LogP contribution in [0.4, 0.5) is 18.9 Å². The van der Waals surface area contributed by atoms with Crippen LogP contribution in [-0.2, 0) is 6.18 Å². The van der Waals surface area contributed by atoms with E-state index in [1.54, 1.807) is 30.3 Å². The molecule has 4 rings (SSSR count). The average molecular weight is 439 g/mol. The minimum Gasteiger partial charge on any atom is -0.382 e. The minimum absolute atomic E-state index is 0.0282. The number of aromatic nitrogens is 2. The Labute approximate surface area is 182 Å². The Balaban J connectivity index is 1.43. The number of carbonyl (C=O) groups excluding carboxylic acids is 1. The third-order valence-corrected chi connectivity index (χ3v) is 5.57. The first kappa shape index (κ1) is 21.6. The van der Waals surface area contributed by atoms with Gasteiger partial charge in [-0.25, -0.2) is 9.97 Å². The number of hydrogen-bond acceptors (Lipinski definition) is 5. The summed E-state index contributed by atoms with van der Waals surface area (Å²) in [6.45, 7) is 0. The van der Waals surface area contributed by atoms with Gasteiger partial charge in [0.1, 0.15) is 17.5 Å². The van der Waals surface area contributed by atoms with E-state index in [1.807, 2.05) is 6.07 Å². The lowest BCUT2D eigenvalue weighted by molar-refractivity contribution is -0.140. The van der Waals surface area contributed by atoms with Gasteiger partial charge < -0.3 is 10.6 Å². The first-order valence-electron chi connectivity index (χ1n) is 10.2. The molecule has 0 spiro atoms. The van der Waals surface area contributed by atoms with Gasteiger partial charge in [0.2, 0.25) is 0 Å². The van der Waals surface area contributed by atoms with Gasteiger partial charge >= 0.3 is 6.18 Å². The van der Waals surface area contributed by atoms with Gasteiger partial charge in [-0.1, -0.05) is 18.2 Å². The molecule has 164 valence electrons. The fourth-order valence-corrected chi connectivity index (χ4v) is 3.97. The second-order valence-electron chi connectivity index (χ2n) is 7.75. The van der Waals surface area contributed by atoms with E-state index in [-0.39, 0.29) is 28.9 Å². The van der Waals surface area contributed by atoms with Crippen molar-refractivity contribution in [1.82, 2.24) is 15.3 Å². The molecule has 9 heteroatoms. The molecule has 1 aliphatic carbocycles. The lowest BCUT2D eigenvalue weighted by Crippen LogP contribution is -2.40. The zero-order valence-electron chi connectivity index (χ0n) is 17.0. The topological polar surface area (TPSA) is 90.7 Å². The van der Waals surface area contributed by atoms with Gasteiger partial charge in [-0.15, -0.1) is 0 Å². The van der Waals surface area contributed by atoms with Crippen LogP contribution in [0.15, 0.2) is 48.7 Å². The summed E-state index contributed by atoms with van der Waals surface area (Å²) < 4.78 is 39.9. The summed E-state index contributed by atoms with van der Waals surface area (Å²) in [7, 11) is 0. The third kappa shape index (κ3) is 4.64. The molecule has 2 heterocycles. The lowest BCUT2D eigenvalue weighted by Gasteiger charge is -2.30. The molecule has 1 amide bonds. The molecule has 3 aromatic rings. The van der Waals surface area contributed by atoms with Crippen molar-refractivity contribution in [2.75, 3.05) is 5.32 Å². The van der Waals surface area contributed by atoms with Crippen LogP contribution in [0.3, 0.4) is 0 Å². The standard InChI is InChI=1S/C23H20F3N5O/c24-23(25,26)20-12-19(17-5-1-2-6-18(17)31-20)29-15-7-9-16(10-8-15)30-22(32)21-14(13-27)4-3-11-28-21/h1-6,11-12,15-16H,7-10H2,(H,29,31)(H,30,32). The molecule has 32 heavy (non-hydrogen) atoms. The first-order chi connectivity index (χ1) is 15.3. The molecule has 0 saturated heterocycles. The number of pyridine rings is 2. The smallest absolute Gasteiger partial charge is 0.382 e. The van der Waals surface area contributed by atoms with Crippen molar-refractivity contribution in [3.8, 4) is 6.07 Å². The van der Waals surface area contributed by atoms with Crippen molar-refractivity contribution in [2.24, 2.45) is 0 Å². The van der Waals surface area contributed by atoms with E-state index in [9.17, 15) is 18.0 Å². The number of alkyl halides is 3. The van der Waals surface area contributed by atoms with Gasteiger partial charge in [0.15, 0.2) is 0 Å². The Morgan fingerprint density at radius 3 is 2.50 bits per heavy atom. The number of nitriles is 1. The molecule has 2 N–H and O–H groups in total. The Kier molecular flexibility index (Phi) is 5.95. The molecular weight excluding hydrogens is 419 g/mol. The highest BCUT2D eigenvalue weighted by Crippen LogP contribution is 2.34. The van der Waals surface area contributed by atoms with Crippen LogP contribution in [-0.4, -0.2) is 28.0 Å².